The van der Waals surface area contributed by atoms with E-state index in [2.05, 4.69) is 9.97 Å². The molecule has 4 rings (SSSR count). The predicted octanol–water partition coefficient (Wildman–Crippen LogP) is 4.38. The Morgan fingerprint density at radius 1 is 0.743 bits per heavy atom. The van der Waals surface area contributed by atoms with E-state index in [4.69, 9.17) is 19.5 Å². The average Bonchev–Trinajstić information content (AvgIpc) is 2.82. The first-order valence-corrected chi connectivity index (χ1v) is 10.4. The third-order valence-electron chi connectivity index (χ3n) is 4.61. The maximum Gasteiger partial charge on any atom is 0.448 e. The number of hydrogen-bond donors (Lipinski definition) is 2. The van der Waals surface area contributed by atoms with Gasteiger partial charge < -0.3 is 19.5 Å². The van der Waals surface area contributed by atoms with Crippen molar-refractivity contribution in [1.82, 2.24) is 9.97 Å². The van der Waals surface area contributed by atoms with E-state index < -0.39 is 7.12 Å². The summed E-state index contributed by atoms with van der Waals surface area (Å²) >= 11 is 0. The monoisotopic (exact) mass is 478 g/mol. The van der Waals surface area contributed by atoms with Crippen molar-refractivity contribution in [2.45, 2.75) is 28.1 Å². The molecule has 0 aliphatic carbocycles. The molecule has 0 atom stereocenters. The summed E-state index contributed by atoms with van der Waals surface area (Å²) in [7, 11) is 1.59. The number of aryl methyl sites for hydroxylation is 2. The van der Waals surface area contributed by atoms with Crippen LogP contribution < -0.4 is 0 Å². The van der Waals surface area contributed by atoms with Gasteiger partial charge in [0.25, 0.3) is 0 Å². The molecular formula is C26H31BN2O6. The van der Waals surface area contributed by atoms with Crippen molar-refractivity contribution < 1.29 is 29.1 Å². The molecule has 0 saturated carbocycles. The molecule has 0 spiro atoms. The summed E-state index contributed by atoms with van der Waals surface area (Å²) in [5.41, 5.74) is 5.00. The van der Waals surface area contributed by atoms with Crippen LogP contribution in [0, 0.1) is 13.8 Å². The van der Waals surface area contributed by atoms with Gasteiger partial charge in [0, 0.05) is 23.2 Å². The minimum atomic E-state index is -1.17. The number of rotatable bonds is 2. The van der Waals surface area contributed by atoms with Crippen LogP contribution in [0.5, 0.6) is 0 Å². The van der Waals surface area contributed by atoms with Gasteiger partial charge in [-0.1, -0.05) is 31.7 Å². The van der Waals surface area contributed by atoms with Crippen molar-refractivity contribution in [1.29, 1.82) is 0 Å². The molecule has 2 N–H and O–H groups in total. The van der Waals surface area contributed by atoms with Crippen LogP contribution in [0.2, 0.25) is 6.82 Å². The fourth-order valence-corrected chi connectivity index (χ4v) is 3.09. The highest BCUT2D eigenvalue weighted by Crippen LogP contribution is 2.19. The van der Waals surface area contributed by atoms with Crippen LogP contribution in [0.15, 0.2) is 60.9 Å². The second kappa shape index (κ2) is 13.8. The van der Waals surface area contributed by atoms with E-state index in [1.54, 1.807) is 24.5 Å². The molecule has 184 valence electrons. The van der Waals surface area contributed by atoms with Gasteiger partial charge in [0.2, 0.25) is 0 Å². The lowest BCUT2D eigenvalue weighted by Crippen LogP contribution is -2.02. The first-order valence-electron chi connectivity index (χ1n) is 10.4. The number of ether oxygens (including phenoxy) is 2. The first-order chi connectivity index (χ1) is 16.2. The SMILES string of the molecule is C.CB(O)O.COC(=O)c1ccnc2cc(C)ccc12.COC(=O)c1ccnc2cc(C)ccc12. The highest BCUT2D eigenvalue weighted by atomic mass is 16.5. The number of fused-ring (bicyclic) bond motifs is 2. The number of nitrogens with zero attached hydrogens (tertiary/aromatic N) is 2. The van der Waals surface area contributed by atoms with Gasteiger partial charge in [-0.15, -0.1) is 0 Å². The van der Waals surface area contributed by atoms with E-state index in [1.807, 2.05) is 50.2 Å². The lowest BCUT2D eigenvalue weighted by Gasteiger charge is -2.04. The van der Waals surface area contributed by atoms with Crippen molar-refractivity contribution in [3.05, 3.63) is 83.2 Å². The molecule has 0 aliphatic heterocycles. The fraction of sp³-hybridized carbons (Fsp3) is 0.231. The number of hydrogen-bond acceptors (Lipinski definition) is 8. The predicted molar refractivity (Wildman–Crippen MR) is 138 cm³/mol. The normalized spacial score (nSPS) is 9.57. The third kappa shape index (κ3) is 8.17. The molecule has 0 fully saturated rings. The molecule has 35 heavy (non-hydrogen) atoms. The van der Waals surface area contributed by atoms with E-state index in [1.165, 1.54) is 21.0 Å². The summed E-state index contributed by atoms with van der Waals surface area (Å²) in [6.07, 6.45) is 3.24. The first kappa shape index (κ1) is 29.2. The maximum atomic E-state index is 11.5. The number of carbonyl (C=O) groups is 2. The zero-order valence-electron chi connectivity index (χ0n) is 19.8. The standard InChI is InChI=1S/2C12H11NO2.CH5BO2.CH4/c2*1-8-3-4-9-10(12(14)15-2)5-6-13-11(9)7-8;1-2(3)4;/h2*3-7H,1-2H3;3-4H,1H3;1H4. The quantitative estimate of drug-likeness (QED) is 0.322. The number of aromatic nitrogens is 2. The van der Waals surface area contributed by atoms with Gasteiger partial charge in [-0.2, -0.15) is 0 Å². The van der Waals surface area contributed by atoms with Gasteiger partial charge in [-0.25, -0.2) is 9.59 Å². The summed E-state index contributed by atoms with van der Waals surface area (Å²) in [6, 6.07) is 14.9. The molecule has 4 aromatic rings. The van der Waals surface area contributed by atoms with Crippen molar-refractivity contribution in [2.24, 2.45) is 0 Å². The van der Waals surface area contributed by atoms with Gasteiger partial charge in [-0.05, 0) is 56.1 Å². The molecule has 9 heteroatoms. The molecule has 0 unspecified atom stereocenters. The number of esters is 2. The van der Waals surface area contributed by atoms with Gasteiger partial charge in [-0.3, -0.25) is 9.97 Å². The third-order valence-corrected chi connectivity index (χ3v) is 4.61. The summed E-state index contributed by atoms with van der Waals surface area (Å²) in [5, 5.41) is 16.9. The van der Waals surface area contributed by atoms with E-state index >= 15 is 0 Å². The number of carbonyl (C=O) groups excluding carboxylic acids is 2. The van der Waals surface area contributed by atoms with Crippen molar-refractivity contribution in [2.75, 3.05) is 14.2 Å². The smallest absolute Gasteiger partial charge is 0.448 e. The van der Waals surface area contributed by atoms with Crippen LogP contribution in [0.25, 0.3) is 21.8 Å². The highest BCUT2D eigenvalue weighted by Gasteiger charge is 2.11. The Morgan fingerprint density at radius 3 is 1.40 bits per heavy atom. The topological polar surface area (TPSA) is 119 Å². The van der Waals surface area contributed by atoms with Crippen LogP contribution in [0.3, 0.4) is 0 Å². The van der Waals surface area contributed by atoms with Crippen LogP contribution in [0.4, 0.5) is 0 Å². The molecule has 0 radical (unpaired) electrons. The lowest BCUT2D eigenvalue weighted by atomic mass is 9.99. The van der Waals surface area contributed by atoms with Crippen molar-refractivity contribution in [3.63, 3.8) is 0 Å². The molecule has 2 aromatic heterocycles. The molecule has 0 bridgehead atoms. The molecule has 0 aliphatic rings. The number of pyridine rings is 2. The van der Waals surface area contributed by atoms with Gasteiger partial charge >= 0.3 is 19.1 Å². The van der Waals surface area contributed by atoms with Gasteiger partial charge in [0.15, 0.2) is 0 Å². The van der Waals surface area contributed by atoms with E-state index in [0.717, 1.165) is 32.9 Å². The Balaban J connectivity index is 0.000000297. The van der Waals surface area contributed by atoms with E-state index in [-0.39, 0.29) is 19.4 Å². The minimum absolute atomic E-state index is 0. The Bertz CT molecular complexity index is 1190. The Labute approximate surface area is 205 Å². The molecular weight excluding hydrogens is 447 g/mol. The Morgan fingerprint density at radius 2 is 1.09 bits per heavy atom. The highest BCUT2D eigenvalue weighted by molar-refractivity contribution is 6.38. The van der Waals surface area contributed by atoms with Gasteiger partial charge in [0.1, 0.15) is 0 Å². The molecule has 2 aromatic carbocycles. The number of benzene rings is 2. The molecule has 0 amide bonds. The minimum Gasteiger partial charge on any atom is -0.465 e. The van der Waals surface area contributed by atoms with Crippen molar-refractivity contribution in [3.8, 4) is 0 Å². The second-order valence-corrected chi connectivity index (χ2v) is 7.37. The Kier molecular flexibility index (Phi) is 11.5. The summed E-state index contributed by atoms with van der Waals surface area (Å²) in [5.74, 6) is -0.655. The Hall–Kier alpha value is -3.82. The van der Waals surface area contributed by atoms with E-state index in [0.29, 0.717) is 11.1 Å². The lowest BCUT2D eigenvalue weighted by molar-refractivity contribution is 0.0594. The van der Waals surface area contributed by atoms with Crippen LogP contribution in [0.1, 0.15) is 39.3 Å². The summed E-state index contributed by atoms with van der Waals surface area (Å²) < 4.78 is 9.42. The summed E-state index contributed by atoms with van der Waals surface area (Å²) in [4.78, 5) is 31.3. The summed E-state index contributed by atoms with van der Waals surface area (Å²) in [6.45, 7) is 5.26. The van der Waals surface area contributed by atoms with E-state index in [9.17, 15) is 9.59 Å². The zero-order chi connectivity index (χ0) is 25.3. The van der Waals surface area contributed by atoms with Gasteiger partial charge in [0.05, 0.1) is 36.4 Å². The van der Waals surface area contributed by atoms with Crippen molar-refractivity contribution >= 4 is 40.9 Å². The maximum absolute atomic E-state index is 11.5. The second-order valence-electron chi connectivity index (χ2n) is 7.37. The average molecular weight is 478 g/mol. The fourth-order valence-electron chi connectivity index (χ4n) is 3.09. The number of methoxy groups -OCH3 is 2. The van der Waals surface area contributed by atoms with Crippen LogP contribution in [-0.2, 0) is 9.47 Å². The zero-order valence-corrected chi connectivity index (χ0v) is 19.8. The molecule has 8 nitrogen and oxygen atoms in total. The van der Waals surface area contributed by atoms with Crippen LogP contribution in [-0.4, -0.2) is 53.3 Å². The molecule has 2 heterocycles. The van der Waals surface area contributed by atoms with Crippen LogP contribution >= 0.6 is 0 Å². The molecule has 0 saturated heterocycles. The largest absolute Gasteiger partial charge is 0.465 e.